The number of hydrogen-bond donors (Lipinski definition) is 1. The van der Waals surface area contributed by atoms with Crippen LogP contribution in [0.4, 0.5) is 13.2 Å². The molecular weight excluding hydrogens is 415 g/mol. The monoisotopic (exact) mass is 445 g/mol. The number of nitrogens with zero attached hydrogens (tertiary/aromatic N) is 1. The topological polar surface area (TPSA) is 40.5 Å². The highest BCUT2D eigenvalue weighted by atomic mass is 19.4. The molecule has 172 valence electrons. The molecule has 2 saturated carbocycles. The van der Waals surface area contributed by atoms with Gasteiger partial charge in [0.1, 0.15) is 0 Å². The van der Waals surface area contributed by atoms with E-state index in [4.69, 9.17) is 0 Å². The zero-order valence-electron chi connectivity index (χ0n) is 18.3. The molecule has 3 nitrogen and oxygen atoms in total. The van der Waals surface area contributed by atoms with Crippen LogP contribution in [0.1, 0.15) is 72.9 Å². The van der Waals surface area contributed by atoms with Crippen molar-refractivity contribution in [1.82, 2.24) is 4.90 Å². The molecule has 0 bridgehead atoms. The Balaban J connectivity index is 1.40. The molecule has 0 aromatic heterocycles. The van der Waals surface area contributed by atoms with Gasteiger partial charge in [-0.1, -0.05) is 42.5 Å². The third-order valence-corrected chi connectivity index (χ3v) is 7.07. The van der Waals surface area contributed by atoms with Crippen molar-refractivity contribution in [2.24, 2.45) is 5.92 Å². The second-order valence-electron chi connectivity index (χ2n) is 9.46. The first-order valence-corrected chi connectivity index (χ1v) is 11.4. The third kappa shape index (κ3) is 4.85. The van der Waals surface area contributed by atoms with Gasteiger partial charge in [-0.05, 0) is 80.5 Å². The van der Waals surface area contributed by atoms with E-state index >= 15 is 0 Å². The molecule has 2 aliphatic carbocycles. The van der Waals surface area contributed by atoms with Gasteiger partial charge >= 0.3 is 6.18 Å². The summed E-state index contributed by atoms with van der Waals surface area (Å²) in [6.07, 6.45) is 1.55. The summed E-state index contributed by atoms with van der Waals surface area (Å²) in [6, 6.07) is 16.0. The van der Waals surface area contributed by atoms with Gasteiger partial charge in [0.15, 0.2) is 5.60 Å². The van der Waals surface area contributed by atoms with Crippen LogP contribution in [0, 0.1) is 5.92 Å². The van der Waals surface area contributed by atoms with Crippen molar-refractivity contribution in [3.05, 3.63) is 71.3 Å². The van der Waals surface area contributed by atoms with E-state index in [0.29, 0.717) is 23.9 Å². The number of amides is 1. The van der Waals surface area contributed by atoms with E-state index in [9.17, 15) is 23.1 Å². The van der Waals surface area contributed by atoms with Crippen LogP contribution in [0.3, 0.4) is 0 Å². The summed E-state index contributed by atoms with van der Waals surface area (Å²) < 4.78 is 39.3. The first-order valence-electron chi connectivity index (χ1n) is 11.4. The number of hydrogen-bond acceptors (Lipinski definition) is 2. The predicted octanol–water partition coefficient (Wildman–Crippen LogP) is 6.04. The normalized spacial score (nSPS) is 23.4. The summed E-state index contributed by atoms with van der Waals surface area (Å²) in [7, 11) is 0. The zero-order valence-corrected chi connectivity index (χ0v) is 18.3. The zero-order chi connectivity index (χ0) is 22.9. The quantitative estimate of drug-likeness (QED) is 0.589. The lowest BCUT2D eigenvalue weighted by molar-refractivity contribution is -0.258. The fourth-order valence-corrected chi connectivity index (χ4v) is 4.73. The Morgan fingerprint density at radius 3 is 2.06 bits per heavy atom. The molecule has 1 N–H and O–H groups in total. The fourth-order valence-electron chi connectivity index (χ4n) is 4.73. The largest absolute Gasteiger partial charge is 0.421 e. The lowest BCUT2D eigenvalue weighted by Gasteiger charge is -2.33. The Bertz CT molecular complexity index is 912. The van der Waals surface area contributed by atoms with Crippen LogP contribution in [-0.2, 0) is 5.60 Å². The van der Waals surface area contributed by atoms with Crippen molar-refractivity contribution in [3.63, 3.8) is 0 Å². The summed E-state index contributed by atoms with van der Waals surface area (Å²) in [4.78, 5) is 15.1. The molecule has 0 unspecified atom stereocenters. The van der Waals surface area contributed by atoms with Crippen molar-refractivity contribution in [2.75, 3.05) is 6.54 Å². The van der Waals surface area contributed by atoms with Gasteiger partial charge in [-0.25, -0.2) is 0 Å². The van der Waals surface area contributed by atoms with E-state index in [1.54, 1.807) is 0 Å². The van der Waals surface area contributed by atoms with Crippen LogP contribution in [0.5, 0.6) is 0 Å². The molecule has 6 heteroatoms. The number of halogens is 3. The van der Waals surface area contributed by atoms with Gasteiger partial charge in [-0.2, -0.15) is 13.2 Å². The molecule has 2 fully saturated rings. The molecule has 0 radical (unpaired) electrons. The van der Waals surface area contributed by atoms with Gasteiger partial charge in [0.2, 0.25) is 0 Å². The van der Waals surface area contributed by atoms with Gasteiger partial charge in [-0.15, -0.1) is 0 Å². The molecule has 0 saturated heterocycles. The first kappa shape index (κ1) is 22.8. The number of alkyl halides is 3. The highest BCUT2D eigenvalue weighted by molar-refractivity contribution is 5.94. The Kier molecular flexibility index (Phi) is 6.35. The average Bonchev–Trinajstić information content (AvgIpc) is 3.63. The number of benzene rings is 2. The first-order chi connectivity index (χ1) is 15.2. The van der Waals surface area contributed by atoms with Crippen LogP contribution < -0.4 is 0 Å². The summed E-state index contributed by atoms with van der Waals surface area (Å²) in [5.74, 6) is 0.895. The predicted molar refractivity (Wildman–Crippen MR) is 117 cm³/mol. The second-order valence-corrected chi connectivity index (χ2v) is 9.46. The van der Waals surface area contributed by atoms with E-state index in [-0.39, 0.29) is 17.5 Å². The van der Waals surface area contributed by atoms with Crippen LogP contribution in [-0.4, -0.2) is 34.7 Å². The van der Waals surface area contributed by atoms with E-state index in [1.807, 2.05) is 11.0 Å². The number of aliphatic hydroxyl groups is 1. The molecule has 0 heterocycles. The molecule has 2 aromatic carbocycles. The molecule has 4 rings (SSSR count). The molecule has 1 amide bonds. The Labute approximate surface area is 187 Å². The average molecular weight is 446 g/mol. The Morgan fingerprint density at radius 2 is 1.53 bits per heavy atom. The molecule has 0 aliphatic heterocycles. The molecule has 2 aromatic rings. The lowest BCUT2D eigenvalue weighted by atomic mass is 9.78. The molecule has 2 aliphatic rings. The maximum absolute atomic E-state index is 13.2. The van der Waals surface area contributed by atoms with E-state index in [0.717, 1.165) is 45.4 Å². The molecule has 32 heavy (non-hydrogen) atoms. The van der Waals surface area contributed by atoms with Gasteiger partial charge in [0.05, 0.1) is 0 Å². The maximum Gasteiger partial charge on any atom is 0.421 e. The number of rotatable bonds is 6. The Morgan fingerprint density at radius 1 is 0.938 bits per heavy atom. The minimum absolute atomic E-state index is 0.129. The van der Waals surface area contributed by atoms with Crippen molar-refractivity contribution in [2.45, 2.75) is 69.2 Å². The highest BCUT2D eigenvalue weighted by Crippen LogP contribution is 2.40. The minimum atomic E-state index is -4.78. The molecule has 0 spiro atoms. The van der Waals surface area contributed by atoms with E-state index in [1.165, 1.54) is 29.8 Å². The van der Waals surface area contributed by atoms with Gasteiger partial charge in [0, 0.05) is 18.2 Å². The second kappa shape index (κ2) is 8.89. The fraction of sp³-hybridized carbons (Fsp3) is 0.500. The van der Waals surface area contributed by atoms with Crippen LogP contribution in [0.2, 0.25) is 0 Å². The minimum Gasteiger partial charge on any atom is -0.376 e. The Hall–Kier alpha value is -2.34. The van der Waals surface area contributed by atoms with Gasteiger partial charge < -0.3 is 10.0 Å². The van der Waals surface area contributed by atoms with Crippen LogP contribution in [0.25, 0.3) is 0 Å². The maximum atomic E-state index is 13.2. The van der Waals surface area contributed by atoms with E-state index in [2.05, 4.69) is 24.3 Å². The number of carbonyl (C=O) groups excluding carboxylic acids is 1. The van der Waals surface area contributed by atoms with Gasteiger partial charge in [-0.3, -0.25) is 4.79 Å². The van der Waals surface area contributed by atoms with Crippen molar-refractivity contribution in [1.29, 1.82) is 0 Å². The van der Waals surface area contributed by atoms with Crippen LogP contribution in [0.15, 0.2) is 54.6 Å². The van der Waals surface area contributed by atoms with Crippen molar-refractivity contribution < 1.29 is 23.1 Å². The SMILES string of the molecule is C[C@](O)(c1ccc(C(=O)N(CC2CCC(c3ccccc3)CC2)C2CC2)cc1)C(F)(F)F. The van der Waals surface area contributed by atoms with Crippen molar-refractivity contribution >= 4 is 5.91 Å². The van der Waals surface area contributed by atoms with Gasteiger partial charge in [0.25, 0.3) is 5.91 Å². The van der Waals surface area contributed by atoms with E-state index < -0.39 is 11.8 Å². The molecular formula is C26H30F3NO2. The van der Waals surface area contributed by atoms with Crippen LogP contribution >= 0.6 is 0 Å². The highest BCUT2D eigenvalue weighted by Gasteiger charge is 2.51. The summed E-state index contributed by atoms with van der Waals surface area (Å²) in [5, 5.41) is 9.86. The summed E-state index contributed by atoms with van der Waals surface area (Å²) in [5.41, 5.74) is -1.45. The summed E-state index contributed by atoms with van der Waals surface area (Å²) in [6.45, 7) is 1.43. The van der Waals surface area contributed by atoms with Crippen molar-refractivity contribution in [3.8, 4) is 0 Å². The third-order valence-electron chi connectivity index (χ3n) is 7.07. The molecule has 1 atom stereocenters. The number of carbonyl (C=O) groups is 1. The lowest BCUT2D eigenvalue weighted by Crippen LogP contribution is -2.39. The smallest absolute Gasteiger partial charge is 0.376 e. The summed E-state index contributed by atoms with van der Waals surface area (Å²) >= 11 is 0. The standard InChI is InChI=1S/C26H30F3NO2/c1-25(32,26(27,28)29)22-13-11-21(12-14-22)24(31)30(23-15-16-23)17-18-7-9-20(10-8-18)19-5-3-2-4-6-19/h2-6,11-14,18,20,23,32H,7-10,15-17H2,1H3/t18?,20?,25-/m0/s1.